The molecule has 0 saturated carbocycles. The van der Waals surface area contributed by atoms with Gasteiger partial charge in [-0.25, -0.2) is 4.79 Å². The lowest BCUT2D eigenvalue weighted by Gasteiger charge is -2.22. The Labute approximate surface area is 124 Å². The van der Waals surface area contributed by atoms with E-state index in [0.29, 0.717) is 0 Å². The molecule has 0 amide bonds. The summed E-state index contributed by atoms with van der Waals surface area (Å²) in [5.41, 5.74) is 2.19. The molecule has 2 heterocycles. The fourth-order valence-corrected chi connectivity index (χ4v) is 2.81. The van der Waals surface area contributed by atoms with Crippen molar-refractivity contribution >= 4 is 11.7 Å². The van der Waals surface area contributed by atoms with Crippen molar-refractivity contribution < 1.29 is 9.53 Å². The molecule has 5 heteroatoms. The van der Waals surface area contributed by atoms with Crippen molar-refractivity contribution in [3.8, 4) is 0 Å². The summed E-state index contributed by atoms with van der Waals surface area (Å²) in [5.74, 6) is -0.164. The number of ether oxygens (including phenoxy) is 1. The molecule has 1 aliphatic heterocycles. The highest BCUT2D eigenvalue weighted by Crippen LogP contribution is 2.25. The summed E-state index contributed by atoms with van der Waals surface area (Å²) in [6.07, 6.45) is 5.67. The number of benzene rings is 1. The Morgan fingerprint density at radius 2 is 2.19 bits per heavy atom. The van der Waals surface area contributed by atoms with Crippen molar-refractivity contribution in [3.05, 3.63) is 48.3 Å². The Morgan fingerprint density at radius 1 is 1.38 bits per heavy atom. The lowest BCUT2D eigenvalue weighted by molar-refractivity contribution is -0.141. The van der Waals surface area contributed by atoms with E-state index in [-0.39, 0.29) is 12.0 Å². The van der Waals surface area contributed by atoms with Gasteiger partial charge < -0.3 is 9.64 Å². The third-order valence-electron chi connectivity index (χ3n) is 3.86. The first-order valence-corrected chi connectivity index (χ1v) is 7.19. The van der Waals surface area contributed by atoms with Gasteiger partial charge in [0.15, 0.2) is 0 Å². The van der Waals surface area contributed by atoms with Crippen molar-refractivity contribution in [3.63, 3.8) is 0 Å². The number of aromatic nitrogens is 2. The van der Waals surface area contributed by atoms with Crippen LogP contribution in [0.2, 0.25) is 0 Å². The number of esters is 1. The second kappa shape index (κ2) is 5.99. The molecule has 110 valence electrons. The van der Waals surface area contributed by atoms with Crippen LogP contribution in [-0.2, 0) is 16.1 Å². The molecule has 0 radical (unpaired) electrons. The molecule has 0 spiro atoms. The third-order valence-corrected chi connectivity index (χ3v) is 3.86. The number of nitrogens with zero attached hydrogens (tertiary/aromatic N) is 3. The molecule has 1 atom stereocenters. The zero-order valence-electron chi connectivity index (χ0n) is 12.1. The van der Waals surface area contributed by atoms with E-state index in [9.17, 15) is 4.79 Å². The molecule has 1 fully saturated rings. The summed E-state index contributed by atoms with van der Waals surface area (Å²) >= 11 is 0. The van der Waals surface area contributed by atoms with Crippen LogP contribution in [0.1, 0.15) is 18.4 Å². The van der Waals surface area contributed by atoms with E-state index in [0.717, 1.165) is 31.6 Å². The summed E-state index contributed by atoms with van der Waals surface area (Å²) in [6, 6.07) is 10.0. The summed E-state index contributed by atoms with van der Waals surface area (Å²) in [7, 11) is 1.44. The average Bonchev–Trinajstić information content (AvgIpc) is 3.16. The van der Waals surface area contributed by atoms with Crippen molar-refractivity contribution in [2.45, 2.75) is 25.4 Å². The van der Waals surface area contributed by atoms with Gasteiger partial charge in [0.2, 0.25) is 0 Å². The van der Waals surface area contributed by atoms with E-state index >= 15 is 0 Å². The maximum absolute atomic E-state index is 11.8. The third kappa shape index (κ3) is 2.91. The van der Waals surface area contributed by atoms with Crippen LogP contribution in [0, 0.1) is 0 Å². The lowest BCUT2D eigenvalue weighted by atomic mass is 10.2. The number of carbonyl (C=O) groups excluding carboxylic acids is 1. The van der Waals surface area contributed by atoms with Gasteiger partial charge >= 0.3 is 5.97 Å². The fourth-order valence-electron chi connectivity index (χ4n) is 2.81. The monoisotopic (exact) mass is 285 g/mol. The molecule has 0 N–H and O–H groups in total. The highest BCUT2D eigenvalue weighted by atomic mass is 16.5. The van der Waals surface area contributed by atoms with Crippen LogP contribution in [0.5, 0.6) is 0 Å². The summed E-state index contributed by atoms with van der Waals surface area (Å²) in [6.45, 7) is 1.61. The minimum atomic E-state index is -0.177. The van der Waals surface area contributed by atoms with Gasteiger partial charge in [-0.15, -0.1) is 0 Å². The van der Waals surface area contributed by atoms with Crippen LogP contribution in [0.4, 0.5) is 5.69 Å². The molecule has 3 rings (SSSR count). The Kier molecular flexibility index (Phi) is 3.90. The number of methoxy groups -OCH3 is 1. The number of anilines is 1. The van der Waals surface area contributed by atoms with Crippen molar-refractivity contribution in [1.29, 1.82) is 0 Å². The van der Waals surface area contributed by atoms with Crippen molar-refractivity contribution in [2.24, 2.45) is 0 Å². The first-order chi connectivity index (χ1) is 10.3. The number of hydrogen-bond donors (Lipinski definition) is 0. The minimum Gasteiger partial charge on any atom is -0.467 e. The van der Waals surface area contributed by atoms with Gasteiger partial charge in [-0.2, -0.15) is 5.10 Å². The molecule has 1 aromatic heterocycles. The zero-order chi connectivity index (χ0) is 14.7. The largest absolute Gasteiger partial charge is 0.467 e. The molecular formula is C16H19N3O2. The predicted octanol–water partition coefficient (Wildman–Crippen LogP) is 2.07. The average molecular weight is 285 g/mol. The van der Waals surface area contributed by atoms with Crippen LogP contribution in [0.25, 0.3) is 0 Å². The number of carbonyl (C=O) groups is 1. The lowest BCUT2D eigenvalue weighted by Crippen LogP contribution is -2.36. The van der Waals surface area contributed by atoms with Gasteiger partial charge in [-0.1, -0.05) is 30.3 Å². The molecule has 0 bridgehead atoms. The molecule has 21 heavy (non-hydrogen) atoms. The van der Waals surface area contributed by atoms with Gasteiger partial charge in [0.1, 0.15) is 6.04 Å². The van der Waals surface area contributed by atoms with Crippen LogP contribution < -0.4 is 4.90 Å². The van der Waals surface area contributed by atoms with E-state index in [1.54, 1.807) is 0 Å². The van der Waals surface area contributed by atoms with Crippen LogP contribution in [-0.4, -0.2) is 35.4 Å². The normalized spacial score (nSPS) is 18.0. The molecule has 0 aliphatic carbocycles. The van der Waals surface area contributed by atoms with Gasteiger partial charge in [0, 0.05) is 12.7 Å². The first-order valence-electron chi connectivity index (χ1n) is 7.19. The molecule has 2 aromatic rings. The summed E-state index contributed by atoms with van der Waals surface area (Å²) < 4.78 is 6.78. The maximum atomic E-state index is 11.8. The number of rotatable bonds is 4. The predicted molar refractivity (Wildman–Crippen MR) is 80.2 cm³/mol. The highest BCUT2D eigenvalue weighted by Gasteiger charge is 2.32. The Hall–Kier alpha value is -2.30. The number of hydrogen-bond acceptors (Lipinski definition) is 4. The van der Waals surface area contributed by atoms with E-state index < -0.39 is 0 Å². The smallest absolute Gasteiger partial charge is 0.328 e. The Morgan fingerprint density at radius 3 is 2.95 bits per heavy atom. The molecule has 1 aromatic carbocycles. The van der Waals surface area contributed by atoms with Crippen molar-refractivity contribution in [1.82, 2.24) is 9.78 Å². The van der Waals surface area contributed by atoms with Crippen molar-refractivity contribution in [2.75, 3.05) is 18.6 Å². The quantitative estimate of drug-likeness (QED) is 0.807. The van der Waals surface area contributed by atoms with Gasteiger partial charge in [0.05, 0.1) is 25.5 Å². The van der Waals surface area contributed by atoms with Crippen LogP contribution >= 0.6 is 0 Å². The second-order valence-electron chi connectivity index (χ2n) is 5.26. The highest BCUT2D eigenvalue weighted by molar-refractivity contribution is 5.80. The first kappa shape index (κ1) is 13.7. The topological polar surface area (TPSA) is 47.4 Å². The Balaban J connectivity index is 1.74. The van der Waals surface area contributed by atoms with Crippen LogP contribution in [0.3, 0.4) is 0 Å². The zero-order valence-corrected chi connectivity index (χ0v) is 12.1. The Bertz CT molecular complexity index is 609. The molecule has 5 nitrogen and oxygen atoms in total. The molecule has 1 aliphatic rings. The van der Waals surface area contributed by atoms with E-state index in [1.807, 2.05) is 35.3 Å². The van der Waals surface area contributed by atoms with Gasteiger partial charge in [0.25, 0.3) is 0 Å². The van der Waals surface area contributed by atoms with E-state index in [2.05, 4.69) is 22.1 Å². The van der Waals surface area contributed by atoms with Crippen LogP contribution in [0.15, 0.2) is 42.7 Å². The molecular weight excluding hydrogens is 266 g/mol. The summed E-state index contributed by atoms with van der Waals surface area (Å²) in [4.78, 5) is 13.9. The molecule has 1 unspecified atom stereocenters. The second-order valence-corrected chi connectivity index (χ2v) is 5.26. The van der Waals surface area contributed by atoms with E-state index in [1.165, 1.54) is 12.7 Å². The summed E-state index contributed by atoms with van der Waals surface area (Å²) in [5, 5.41) is 4.40. The van der Waals surface area contributed by atoms with Gasteiger partial charge in [-0.3, -0.25) is 4.68 Å². The minimum absolute atomic E-state index is 0.164. The standard InChI is InChI=1S/C16H19N3O2/c1-21-16(20)15-8-5-9-19(15)14-10-17-18(12-14)11-13-6-3-2-4-7-13/h2-4,6-7,10,12,15H,5,8-9,11H2,1H3. The molecule has 1 saturated heterocycles. The fraction of sp³-hybridized carbons (Fsp3) is 0.375. The van der Waals surface area contributed by atoms with E-state index in [4.69, 9.17) is 4.74 Å². The SMILES string of the molecule is COC(=O)C1CCCN1c1cnn(Cc2ccccc2)c1. The van der Waals surface area contributed by atoms with Gasteiger partial charge in [-0.05, 0) is 18.4 Å². The maximum Gasteiger partial charge on any atom is 0.328 e.